The molecule has 2 aromatic rings. The molecule has 0 aliphatic carbocycles. The average Bonchev–Trinajstić information content (AvgIpc) is 3.00. The quantitative estimate of drug-likeness (QED) is 0.886. The Labute approximate surface area is 108 Å². The highest BCUT2D eigenvalue weighted by atomic mass is 32.1. The third kappa shape index (κ3) is 2.19. The first-order valence-electron chi connectivity index (χ1n) is 5.72. The highest BCUT2D eigenvalue weighted by molar-refractivity contribution is 7.13. The van der Waals surface area contributed by atoms with E-state index in [-0.39, 0.29) is 11.8 Å². The van der Waals surface area contributed by atoms with Crippen molar-refractivity contribution in [3.05, 3.63) is 35.3 Å². The Hall–Kier alpha value is -1.95. The summed E-state index contributed by atoms with van der Waals surface area (Å²) in [5, 5.41) is 14.1. The summed E-state index contributed by atoms with van der Waals surface area (Å²) in [6.45, 7) is 0.808. The zero-order chi connectivity index (χ0) is 12.4. The van der Waals surface area contributed by atoms with Gasteiger partial charge in [0.25, 0.3) is 0 Å². The minimum Gasteiger partial charge on any atom is -0.384 e. The van der Waals surface area contributed by atoms with Gasteiger partial charge >= 0.3 is 0 Å². The number of carbonyl (C=O) groups is 1. The molecule has 0 spiro atoms. The Kier molecular flexibility index (Phi) is 2.93. The number of anilines is 2. The summed E-state index contributed by atoms with van der Waals surface area (Å²) >= 11 is 1.32. The molecule has 1 amide bonds. The lowest BCUT2D eigenvalue weighted by Crippen LogP contribution is -2.16. The van der Waals surface area contributed by atoms with Crippen molar-refractivity contribution >= 4 is 28.1 Å². The Morgan fingerprint density at radius 3 is 3.22 bits per heavy atom. The van der Waals surface area contributed by atoms with Gasteiger partial charge in [0.1, 0.15) is 5.51 Å². The first kappa shape index (κ1) is 11.2. The molecule has 1 aromatic carbocycles. The molecule has 1 unspecified atom stereocenters. The second-order valence-corrected chi connectivity index (χ2v) is 4.99. The standard InChI is InChI=1S/C12H12N4OS/c17-11(15-12-16-14-7-18-12)5-8-6-13-10-4-2-1-3-9(8)10/h1-4,7-8,13H,5-6H2,(H,15,16,17). The van der Waals surface area contributed by atoms with Gasteiger partial charge in [-0.3, -0.25) is 4.79 Å². The van der Waals surface area contributed by atoms with Crippen molar-refractivity contribution in [3.63, 3.8) is 0 Å². The summed E-state index contributed by atoms with van der Waals surface area (Å²) in [6, 6.07) is 8.10. The number of nitrogens with one attached hydrogen (secondary N) is 2. The van der Waals surface area contributed by atoms with Gasteiger partial charge in [0, 0.05) is 24.6 Å². The molecule has 2 N–H and O–H groups in total. The summed E-state index contributed by atoms with van der Waals surface area (Å²) in [5.41, 5.74) is 3.94. The first-order chi connectivity index (χ1) is 8.83. The van der Waals surface area contributed by atoms with E-state index in [1.165, 1.54) is 16.9 Å². The largest absolute Gasteiger partial charge is 0.384 e. The molecule has 0 fully saturated rings. The van der Waals surface area contributed by atoms with E-state index in [1.807, 2.05) is 18.2 Å². The van der Waals surface area contributed by atoms with Crippen molar-refractivity contribution in [2.24, 2.45) is 0 Å². The van der Waals surface area contributed by atoms with E-state index in [9.17, 15) is 4.79 Å². The van der Waals surface area contributed by atoms with Crippen molar-refractivity contribution in [1.29, 1.82) is 0 Å². The van der Waals surface area contributed by atoms with Crippen LogP contribution in [0.2, 0.25) is 0 Å². The Morgan fingerprint density at radius 1 is 1.50 bits per heavy atom. The van der Waals surface area contributed by atoms with Crippen LogP contribution >= 0.6 is 11.3 Å². The summed E-state index contributed by atoms with van der Waals surface area (Å²) in [5.74, 6) is 0.212. The van der Waals surface area contributed by atoms with Crippen molar-refractivity contribution < 1.29 is 4.79 Å². The number of nitrogens with zero attached hydrogens (tertiary/aromatic N) is 2. The molecule has 6 heteroatoms. The number of fused-ring (bicyclic) bond motifs is 1. The van der Waals surface area contributed by atoms with Crippen LogP contribution in [0.15, 0.2) is 29.8 Å². The minimum absolute atomic E-state index is 0.0183. The van der Waals surface area contributed by atoms with E-state index in [1.54, 1.807) is 5.51 Å². The maximum atomic E-state index is 11.9. The highest BCUT2D eigenvalue weighted by Gasteiger charge is 2.24. The van der Waals surface area contributed by atoms with Gasteiger partial charge < -0.3 is 10.6 Å². The SMILES string of the molecule is O=C(CC1CNc2ccccc21)Nc1nncs1. The highest BCUT2D eigenvalue weighted by Crippen LogP contribution is 2.33. The normalized spacial score (nSPS) is 17.0. The lowest BCUT2D eigenvalue weighted by molar-refractivity contribution is -0.116. The minimum atomic E-state index is -0.0183. The Morgan fingerprint density at radius 2 is 2.39 bits per heavy atom. The summed E-state index contributed by atoms with van der Waals surface area (Å²) in [6.07, 6.45) is 0.462. The van der Waals surface area contributed by atoms with Crippen LogP contribution < -0.4 is 10.6 Å². The average molecular weight is 260 g/mol. The monoisotopic (exact) mass is 260 g/mol. The van der Waals surface area contributed by atoms with E-state index in [2.05, 4.69) is 26.9 Å². The number of rotatable bonds is 3. The molecule has 92 valence electrons. The lowest BCUT2D eigenvalue weighted by Gasteiger charge is -2.08. The molecule has 1 atom stereocenters. The van der Waals surface area contributed by atoms with Gasteiger partial charge in [-0.15, -0.1) is 10.2 Å². The molecule has 0 bridgehead atoms. The van der Waals surface area contributed by atoms with Crippen LogP contribution in [0.5, 0.6) is 0 Å². The molecule has 2 heterocycles. The maximum Gasteiger partial charge on any atom is 0.226 e. The van der Waals surface area contributed by atoms with Gasteiger partial charge in [0.15, 0.2) is 0 Å². The third-order valence-electron chi connectivity index (χ3n) is 2.98. The fourth-order valence-electron chi connectivity index (χ4n) is 2.16. The Bertz CT molecular complexity index is 555. The van der Waals surface area contributed by atoms with E-state index < -0.39 is 0 Å². The smallest absolute Gasteiger partial charge is 0.226 e. The van der Waals surface area contributed by atoms with E-state index >= 15 is 0 Å². The molecule has 1 aliphatic rings. The zero-order valence-electron chi connectivity index (χ0n) is 9.59. The second-order valence-electron chi connectivity index (χ2n) is 4.16. The second kappa shape index (κ2) is 4.73. The van der Waals surface area contributed by atoms with Crippen molar-refractivity contribution in [1.82, 2.24) is 10.2 Å². The molecular weight excluding hydrogens is 248 g/mol. The van der Waals surface area contributed by atoms with Crippen molar-refractivity contribution in [2.75, 3.05) is 17.2 Å². The molecule has 0 radical (unpaired) electrons. The van der Waals surface area contributed by atoms with Crippen LogP contribution in [0.1, 0.15) is 17.9 Å². The van der Waals surface area contributed by atoms with E-state index in [0.29, 0.717) is 11.6 Å². The van der Waals surface area contributed by atoms with Crippen molar-refractivity contribution in [3.8, 4) is 0 Å². The molecule has 3 rings (SSSR count). The number of aromatic nitrogens is 2. The van der Waals surface area contributed by atoms with Crippen LogP contribution in [0, 0.1) is 0 Å². The molecule has 18 heavy (non-hydrogen) atoms. The van der Waals surface area contributed by atoms with Gasteiger partial charge in [-0.2, -0.15) is 0 Å². The van der Waals surface area contributed by atoms with Crippen LogP contribution in [0.4, 0.5) is 10.8 Å². The van der Waals surface area contributed by atoms with Gasteiger partial charge in [-0.25, -0.2) is 0 Å². The Balaban J connectivity index is 1.66. The van der Waals surface area contributed by atoms with E-state index in [0.717, 1.165) is 12.2 Å². The lowest BCUT2D eigenvalue weighted by atomic mass is 9.98. The van der Waals surface area contributed by atoms with Crippen LogP contribution in [-0.2, 0) is 4.79 Å². The third-order valence-corrected chi connectivity index (χ3v) is 3.58. The van der Waals surface area contributed by atoms with Gasteiger partial charge in [-0.1, -0.05) is 29.5 Å². The maximum absolute atomic E-state index is 11.9. The predicted octanol–water partition coefficient (Wildman–Crippen LogP) is 2.08. The molecule has 5 nitrogen and oxygen atoms in total. The van der Waals surface area contributed by atoms with Gasteiger partial charge in [-0.05, 0) is 11.6 Å². The molecule has 1 aliphatic heterocycles. The van der Waals surface area contributed by atoms with Gasteiger partial charge in [0.05, 0.1) is 0 Å². The summed E-state index contributed by atoms with van der Waals surface area (Å²) in [7, 11) is 0. The number of benzene rings is 1. The molecule has 0 saturated carbocycles. The number of amides is 1. The first-order valence-corrected chi connectivity index (χ1v) is 6.60. The van der Waals surface area contributed by atoms with Crippen LogP contribution in [0.3, 0.4) is 0 Å². The summed E-state index contributed by atoms with van der Waals surface area (Å²) < 4.78 is 0. The van der Waals surface area contributed by atoms with Crippen LogP contribution in [-0.4, -0.2) is 22.6 Å². The van der Waals surface area contributed by atoms with E-state index in [4.69, 9.17) is 0 Å². The van der Waals surface area contributed by atoms with Crippen LogP contribution in [0.25, 0.3) is 0 Å². The van der Waals surface area contributed by atoms with Gasteiger partial charge in [0.2, 0.25) is 11.0 Å². The molecule has 1 aromatic heterocycles. The zero-order valence-corrected chi connectivity index (χ0v) is 10.4. The predicted molar refractivity (Wildman–Crippen MR) is 70.8 cm³/mol. The number of hydrogen-bond acceptors (Lipinski definition) is 5. The fraction of sp³-hybridized carbons (Fsp3) is 0.250. The number of carbonyl (C=O) groups excluding carboxylic acids is 1. The number of hydrogen-bond donors (Lipinski definition) is 2. The molecule has 0 saturated heterocycles. The number of para-hydroxylation sites is 1. The summed E-state index contributed by atoms with van der Waals surface area (Å²) in [4.78, 5) is 11.9. The van der Waals surface area contributed by atoms with Crippen molar-refractivity contribution in [2.45, 2.75) is 12.3 Å². The fourth-order valence-corrected chi connectivity index (χ4v) is 2.62. The molecular formula is C12H12N4OS. The topological polar surface area (TPSA) is 66.9 Å².